The summed E-state index contributed by atoms with van der Waals surface area (Å²) in [6.45, 7) is -0.404. The molecular formula is C10H12ClNO4S. The van der Waals surface area contributed by atoms with Crippen molar-refractivity contribution in [2.24, 2.45) is 0 Å². The fraction of sp³-hybridized carbons (Fsp3) is 0.300. The number of carbonyl (C=O) groups is 1. The minimum atomic E-state index is -3.60. The van der Waals surface area contributed by atoms with Crippen LogP contribution in [-0.2, 0) is 19.6 Å². The topological polar surface area (TPSA) is 63.7 Å². The van der Waals surface area contributed by atoms with Gasteiger partial charge in [0, 0.05) is 0 Å². The van der Waals surface area contributed by atoms with E-state index in [1.54, 1.807) is 18.2 Å². The third kappa shape index (κ3) is 3.61. The lowest BCUT2D eigenvalue weighted by Gasteiger charge is -2.21. The van der Waals surface area contributed by atoms with Gasteiger partial charge in [0.25, 0.3) is 0 Å². The molecule has 0 aliphatic rings. The first-order chi connectivity index (χ1) is 7.86. The van der Waals surface area contributed by atoms with Gasteiger partial charge in [-0.15, -0.1) is 0 Å². The number of methoxy groups -OCH3 is 1. The van der Waals surface area contributed by atoms with E-state index in [0.29, 0.717) is 0 Å². The summed E-state index contributed by atoms with van der Waals surface area (Å²) in [5, 5.41) is 0.252. The van der Waals surface area contributed by atoms with Gasteiger partial charge in [0.15, 0.2) is 0 Å². The van der Waals surface area contributed by atoms with Gasteiger partial charge in [-0.05, 0) is 12.1 Å². The van der Waals surface area contributed by atoms with Gasteiger partial charge >= 0.3 is 5.97 Å². The van der Waals surface area contributed by atoms with Crippen molar-refractivity contribution >= 4 is 33.3 Å². The lowest BCUT2D eigenvalue weighted by atomic mass is 10.3. The zero-order valence-electron chi connectivity index (χ0n) is 9.38. The third-order valence-corrected chi connectivity index (χ3v) is 3.47. The number of anilines is 1. The summed E-state index contributed by atoms with van der Waals surface area (Å²) in [6, 6.07) is 6.37. The Morgan fingerprint density at radius 2 is 2.00 bits per heavy atom. The first-order valence-electron chi connectivity index (χ1n) is 4.65. The molecule has 0 saturated carbocycles. The molecular weight excluding hydrogens is 266 g/mol. The molecule has 0 aromatic heterocycles. The molecule has 1 aromatic carbocycles. The number of ether oxygens (including phenoxy) is 1. The van der Waals surface area contributed by atoms with Crippen LogP contribution in [0.15, 0.2) is 24.3 Å². The average molecular weight is 278 g/mol. The van der Waals surface area contributed by atoms with Crippen LogP contribution < -0.4 is 4.31 Å². The van der Waals surface area contributed by atoms with E-state index in [2.05, 4.69) is 4.74 Å². The molecule has 0 unspecified atom stereocenters. The molecule has 0 aliphatic heterocycles. The molecule has 1 rings (SSSR count). The summed E-state index contributed by atoms with van der Waals surface area (Å²) in [5.41, 5.74) is 0.252. The van der Waals surface area contributed by atoms with E-state index in [1.165, 1.54) is 13.2 Å². The van der Waals surface area contributed by atoms with Crippen molar-refractivity contribution in [2.75, 3.05) is 24.2 Å². The van der Waals surface area contributed by atoms with Crippen LogP contribution in [0.5, 0.6) is 0 Å². The van der Waals surface area contributed by atoms with Gasteiger partial charge in [0.05, 0.1) is 24.1 Å². The van der Waals surface area contributed by atoms with Gasteiger partial charge in [0.1, 0.15) is 6.54 Å². The Hall–Kier alpha value is -1.27. The maximum absolute atomic E-state index is 11.6. The first kappa shape index (κ1) is 13.8. The van der Waals surface area contributed by atoms with Crippen LogP contribution in [-0.4, -0.2) is 34.3 Å². The number of carbonyl (C=O) groups excluding carboxylic acids is 1. The van der Waals surface area contributed by atoms with Gasteiger partial charge < -0.3 is 4.74 Å². The highest BCUT2D eigenvalue weighted by molar-refractivity contribution is 7.92. The largest absolute Gasteiger partial charge is 0.468 e. The molecule has 17 heavy (non-hydrogen) atoms. The zero-order chi connectivity index (χ0) is 13.1. The Bertz CT molecular complexity index is 515. The van der Waals surface area contributed by atoms with E-state index in [1.807, 2.05) is 0 Å². The Morgan fingerprint density at radius 1 is 1.41 bits per heavy atom. The summed E-state index contributed by atoms with van der Waals surface area (Å²) >= 11 is 5.89. The van der Waals surface area contributed by atoms with Crippen molar-refractivity contribution in [1.29, 1.82) is 0 Å². The fourth-order valence-electron chi connectivity index (χ4n) is 1.22. The van der Waals surface area contributed by atoms with Gasteiger partial charge in [-0.3, -0.25) is 9.10 Å². The molecule has 7 heteroatoms. The van der Waals surface area contributed by atoms with Gasteiger partial charge in [-0.25, -0.2) is 8.42 Å². The van der Waals surface area contributed by atoms with Crippen LogP contribution in [0.2, 0.25) is 5.02 Å². The molecule has 5 nitrogen and oxygen atoms in total. The van der Waals surface area contributed by atoms with Crippen LogP contribution in [0, 0.1) is 0 Å². The molecule has 0 amide bonds. The third-order valence-electron chi connectivity index (χ3n) is 2.02. The number of sulfonamides is 1. The predicted molar refractivity (Wildman–Crippen MR) is 65.7 cm³/mol. The van der Waals surface area contributed by atoms with E-state index >= 15 is 0 Å². The maximum atomic E-state index is 11.6. The highest BCUT2D eigenvalue weighted by atomic mass is 35.5. The number of hydrogen-bond donors (Lipinski definition) is 0. The van der Waals surface area contributed by atoms with E-state index < -0.39 is 22.5 Å². The summed E-state index contributed by atoms with van der Waals surface area (Å²) in [5.74, 6) is -0.657. The SMILES string of the molecule is COC(=O)CN(c1ccccc1Cl)S(C)(=O)=O. The average Bonchev–Trinajstić information content (AvgIpc) is 2.25. The van der Waals surface area contributed by atoms with Crippen molar-refractivity contribution in [3.05, 3.63) is 29.3 Å². The van der Waals surface area contributed by atoms with Gasteiger partial charge in [-0.2, -0.15) is 0 Å². The second-order valence-corrected chi connectivity index (χ2v) is 5.61. The van der Waals surface area contributed by atoms with Crippen LogP contribution in [0.1, 0.15) is 0 Å². The fourth-order valence-corrected chi connectivity index (χ4v) is 2.36. The van der Waals surface area contributed by atoms with Crippen molar-refractivity contribution in [3.8, 4) is 0 Å². The van der Waals surface area contributed by atoms with Crippen LogP contribution in [0.25, 0.3) is 0 Å². The molecule has 1 aromatic rings. The van der Waals surface area contributed by atoms with Crippen LogP contribution in [0.4, 0.5) is 5.69 Å². The smallest absolute Gasteiger partial charge is 0.326 e. The summed E-state index contributed by atoms with van der Waals surface area (Å²) in [4.78, 5) is 11.2. The maximum Gasteiger partial charge on any atom is 0.326 e. The molecule has 0 N–H and O–H groups in total. The molecule has 0 heterocycles. The van der Waals surface area contributed by atoms with Gasteiger partial charge in [0.2, 0.25) is 10.0 Å². The van der Waals surface area contributed by atoms with Crippen LogP contribution >= 0.6 is 11.6 Å². The highest BCUT2D eigenvalue weighted by Gasteiger charge is 2.22. The molecule has 0 bridgehead atoms. The predicted octanol–water partition coefficient (Wildman–Crippen LogP) is 1.28. The molecule has 0 atom stereocenters. The minimum absolute atomic E-state index is 0.252. The van der Waals surface area contributed by atoms with E-state index in [9.17, 15) is 13.2 Å². The standard InChI is InChI=1S/C10H12ClNO4S/c1-16-10(13)7-12(17(2,14)15)9-6-4-3-5-8(9)11/h3-6H,7H2,1-2H3. The number of esters is 1. The summed E-state index contributed by atoms with van der Waals surface area (Å²) < 4.78 is 28.5. The Morgan fingerprint density at radius 3 is 2.47 bits per heavy atom. The Labute approximate surface area is 105 Å². The normalized spacial score (nSPS) is 11.0. The minimum Gasteiger partial charge on any atom is -0.468 e. The van der Waals surface area contributed by atoms with Crippen molar-refractivity contribution in [1.82, 2.24) is 0 Å². The molecule has 0 radical (unpaired) electrons. The Kier molecular flexibility index (Phi) is 4.36. The molecule has 94 valence electrons. The van der Waals surface area contributed by atoms with Crippen molar-refractivity contribution in [3.63, 3.8) is 0 Å². The lowest BCUT2D eigenvalue weighted by molar-refractivity contribution is -0.138. The summed E-state index contributed by atoms with van der Waals surface area (Å²) in [7, 11) is -2.41. The van der Waals surface area contributed by atoms with E-state index in [4.69, 9.17) is 11.6 Å². The lowest BCUT2D eigenvalue weighted by Crippen LogP contribution is -2.35. The second kappa shape index (κ2) is 5.37. The number of benzene rings is 1. The summed E-state index contributed by atoms with van der Waals surface area (Å²) in [6.07, 6.45) is 0.999. The number of para-hydroxylation sites is 1. The number of hydrogen-bond acceptors (Lipinski definition) is 4. The first-order valence-corrected chi connectivity index (χ1v) is 6.88. The monoisotopic (exact) mass is 277 g/mol. The van der Waals surface area contributed by atoms with Crippen LogP contribution in [0.3, 0.4) is 0 Å². The van der Waals surface area contributed by atoms with Crippen molar-refractivity contribution in [2.45, 2.75) is 0 Å². The van der Waals surface area contributed by atoms with E-state index in [0.717, 1.165) is 10.6 Å². The molecule has 0 saturated heterocycles. The highest BCUT2D eigenvalue weighted by Crippen LogP contribution is 2.26. The molecule has 0 aliphatic carbocycles. The van der Waals surface area contributed by atoms with E-state index in [-0.39, 0.29) is 10.7 Å². The number of rotatable bonds is 4. The van der Waals surface area contributed by atoms with Crippen molar-refractivity contribution < 1.29 is 17.9 Å². The molecule has 0 spiro atoms. The second-order valence-electron chi connectivity index (χ2n) is 3.30. The quantitative estimate of drug-likeness (QED) is 0.778. The van der Waals surface area contributed by atoms with Gasteiger partial charge in [-0.1, -0.05) is 23.7 Å². The Balaban J connectivity index is 3.17. The number of nitrogens with zero attached hydrogens (tertiary/aromatic N) is 1. The zero-order valence-corrected chi connectivity index (χ0v) is 11.0. The number of halogens is 1. The molecule has 0 fully saturated rings.